The van der Waals surface area contributed by atoms with E-state index >= 15 is 0 Å². The Kier molecular flexibility index (Phi) is 2.73. The van der Waals surface area contributed by atoms with Crippen molar-refractivity contribution in [2.45, 2.75) is 6.92 Å². The van der Waals surface area contributed by atoms with Crippen molar-refractivity contribution in [3.63, 3.8) is 0 Å². The summed E-state index contributed by atoms with van der Waals surface area (Å²) in [5.74, 6) is 2.55. The number of benzene rings is 1. The summed E-state index contributed by atoms with van der Waals surface area (Å²) >= 11 is 2.14. The second-order valence-electron chi connectivity index (χ2n) is 3.90. The van der Waals surface area contributed by atoms with Gasteiger partial charge in [0.1, 0.15) is 5.82 Å². The second-order valence-corrected chi connectivity index (χ2v) is 4.98. The lowest BCUT2D eigenvalue weighted by atomic mass is 10.2. The lowest BCUT2D eigenvalue weighted by Gasteiger charge is -2.06. The van der Waals surface area contributed by atoms with Crippen LogP contribution in [0.25, 0.3) is 11.4 Å². The molecule has 92 valence electrons. The van der Waals surface area contributed by atoms with E-state index in [9.17, 15) is 0 Å². The fourth-order valence-corrected chi connectivity index (χ4v) is 1.99. The van der Waals surface area contributed by atoms with Crippen LogP contribution < -0.4 is 15.2 Å². The number of nitrogens with zero attached hydrogens (tertiary/aromatic N) is 2. The molecule has 0 radical (unpaired) electrons. The summed E-state index contributed by atoms with van der Waals surface area (Å²) in [7, 11) is 0. The van der Waals surface area contributed by atoms with Crippen molar-refractivity contribution < 1.29 is 9.47 Å². The standard InChI is InChI=1S/C12H10IN3O2/c1-6-10(13)11(14)16-12(15-6)7-2-3-8-9(4-7)18-5-17-8/h2-4H,5H2,1H3,(H2,14,15,16). The summed E-state index contributed by atoms with van der Waals surface area (Å²) in [5, 5.41) is 0. The molecule has 6 heteroatoms. The van der Waals surface area contributed by atoms with Gasteiger partial charge in [0.05, 0.1) is 9.26 Å². The van der Waals surface area contributed by atoms with E-state index in [0.29, 0.717) is 17.4 Å². The molecule has 0 amide bonds. The van der Waals surface area contributed by atoms with Gasteiger partial charge in [-0.2, -0.15) is 0 Å². The molecule has 0 aliphatic carbocycles. The first-order valence-electron chi connectivity index (χ1n) is 5.35. The molecule has 5 nitrogen and oxygen atoms in total. The van der Waals surface area contributed by atoms with E-state index in [1.165, 1.54) is 0 Å². The highest BCUT2D eigenvalue weighted by molar-refractivity contribution is 14.1. The molecule has 1 aromatic carbocycles. The molecule has 1 aliphatic rings. The van der Waals surface area contributed by atoms with Crippen molar-refractivity contribution >= 4 is 28.4 Å². The van der Waals surface area contributed by atoms with Crippen LogP contribution in [0, 0.1) is 10.5 Å². The van der Waals surface area contributed by atoms with Crippen molar-refractivity contribution in [2.24, 2.45) is 0 Å². The average Bonchev–Trinajstić information content (AvgIpc) is 2.82. The van der Waals surface area contributed by atoms with Gasteiger partial charge in [-0.15, -0.1) is 0 Å². The van der Waals surface area contributed by atoms with E-state index in [-0.39, 0.29) is 6.79 Å². The SMILES string of the molecule is Cc1nc(-c2ccc3c(c2)OCO3)nc(N)c1I. The van der Waals surface area contributed by atoms with Crippen LogP contribution in [0.15, 0.2) is 18.2 Å². The molecule has 0 unspecified atom stereocenters. The zero-order valence-corrected chi connectivity index (χ0v) is 11.8. The molecule has 1 aliphatic heterocycles. The number of hydrogen-bond acceptors (Lipinski definition) is 5. The monoisotopic (exact) mass is 355 g/mol. The summed E-state index contributed by atoms with van der Waals surface area (Å²) in [6, 6.07) is 5.61. The summed E-state index contributed by atoms with van der Waals surface area (Å²) in [6.45, 7) is 2.17. The molecular formula is C12H10IN3O2. The van der Waals surface area contributed by atoms with Crippen LogP contribution >= 0.6 is 22.6 Å². The van der Waals surface area contributed by atoms with Crippen molar-refractivity contribution in [3.8, 4) is 22.9 Å². The number of aryl methyl sites for hydroxylation is 1. The van der Waals surface area contributed by atoms with Gasteiger partial charge in [0.25, 0.3) is 0 Å². The normalized spacial score (nSPS) is 12.8. The minimum Gasteiger partial charge on any atom is -0.454 e. The van der Waals surface area contributed by atoms with Crippen molar-refractivity contribution in [3.05, 3.63) is 27.5 Å². The maximum absolute atomic E-state index is 5.86. The molecule has 0 fully saturated rings. The molecule has 18 heavy (non-hydrogen) atoms. The highest BCUT2D eigenvalue weighted by Gasteiger charge is 2.15. The van der Waals surface area contributed by atoms with E-state index in [1.54, 1.807) is 0 Å². The fraction of sp³-hybridized carbons (Fsp3) is 0.167. The smallest absolute Gasteiger partial charge is 0.231 e. The summed E-state index contributed by atoms with van der Waals surface area (Å²) in [4.78, 5) is 8.73. The number of ether oxygens (including phenoxy) is 2. The Balaban J connectivity index is 2.10. The minimum atomic E-state index is 0.257. The lowest BCUT2D eigenvalue weighted by molar-refractivity contribution is 0.174. The molecule has 0 atom stereocenters. The second kappa shape index (κ2) is 4.27. The van der Waals surface area contributed by atoms with Gasteiger partial charge in [0.15, 0.2) is 17.3 Å². The predicted octanol–water partition coefficient (Wildman–Crippen LogP) is 2.37. The number of hydrogen-bond donors (Lipinski definition) is 1. The van der Waals surface area contributed by atoms with Gasteiger partial charge in [0.2, 0.25) is 6.79 Å². The van der Waals surface area contributed by atoms with E-state index in [4.69, 9.17) is 15.2 Å². The van der Waals surface area contributed by atoms with Gasteiger partial charge in [-0.1, -0.05) is 0 Å². The summed E-state index contributed by atoms with van der Waals surface area (Å²) in [5.41, 5.74) is 7.59. The fourth-order valence-electron chi connectivity index (χ4n) is 1.75. The van der Waals surface area contributed by atoms with Crippen molar-refractivity contribution in [1.82, 2.24) is 9.97 Å². The topological polar surface area (TPSA) is 70.3 Å². The number of nitrogens with two attached hydrogens (primary N) is 1. The zero-order valence-electron chi connectivity index (χ0n) is 9.61. The number of anilines is 1. The first kappa shape index (κ1) is 11.5. The number of aromatic nitrogens is 2. The maximum atomic E-state index is 5.86. The van der Waals surface area contributed by atoms with E-state index in [1.807, 2.05) is 25.1 Å². The maximum Gasteiger partial charge on any atom is 0.231 e. The Labute approximate surface area is 117 Å². The molecule has 2 heterocycles. The highest BCUT2D eigenvalue weighted by atomic mass is 127. The van der Waals surface area contributed by atoms with Gasteiger partial charge < -0.3 is 15.2 Å². The molecule has 1 aromatic heterocycles. The van der Waals surface area contributed by atoms with E-state index in [0.717, 1.165) is 20.6 Å². The third-order valence-electron chi connectivity index (χ3n) is 2.67. The lowest BCUT2D eigenvalue weighted by Crippen LogP contribution is -2.02. The van der Waals surface area contributed by atoms with Gasteiger partial charge in [-0.05, 0) is 47.7 Å². The van der Waals surface area contributed by atoms with Gasteiger partial charge in [-0.3, -0.25) is 0 Å². The predicted molar refractivity (Wildman–Crippen MR) is 75.5 cm³/mol. The number of nitrogen functional groups attached to an aromatic ring is 1. The van der Waals surface area contributed by atoms with Gasteiger partial charge >= 0.3 is 0 Å². The minimum absolute atomic E-state index is 0.257. The van der Waals surface area contributed by atoms with Crippen LogP contribution in [0.5, 0.6) is 11.5 Å². The van der Waals surface area contributed by atoms with Crippen LogP contribution in [0.1, 0.15) is 5.69 Å². The number of fused-ring (bicyclic) bond motifs is 1. The molecule has 0 saturated heterocycles. The number of rotatable bonds is 1. The molecular weight excluding hydrogens is 345 g/mol. The Morgan fingerprint density at radius 3 is 2.78 bits per heavy atom. The number of halogens is 1. The highest BCUT2D eigenvalue weighted by Crippen LogP contribution is 2.35. The van der Waals surface area contributed by atoms with Gasteiger partial charge in [-0.25, -0.2) is 9.97 Å². The third-order valence-corrected chi connectivity index (χ3v) is 4.01. The van der Waals surface area contributed by atoms with Crippen LogP contribution in [0.2, 0.25) is 0 Å². The Hall–Kier alpha value is -1.57. The molecule has 0 saturated carbocycles. The largest absolute Gasteiger partial charge is 0.454 e. The van der Waals surface area contributed by atoms with Crippen LogP contribution in [-0.2, 0) is 0 Å². The van der Waals surface area contributed by atoms with Crippen LogP contribution in [0.4, 0.5) is 5.82 Å². The molecule has 0 spiro atoms. The van der Waals surface area contributed by atoms with Gasteiger partial charge in [0, 0.05) is 5.56 Å². The molecule has 0 bridgehead atoms. The third kappa shape index (κ3) is 1.86. The Bertz CT molecular complexity index is 608. The summed E-state index contributed by atoms with van der Waals surface area (Å²) < 4.78 is 11.5. The molecule has 2 N–H and O–H groups in total. The first-order valence-corrected chi connectivity index (χ1v) is 6.42. The first-order chi connectivity index (χ1) is 8.65. The van der Waals surface area contributed by atoms with E-state index in [2.05, 4.69) is 32.6 Å². The molecule has 3 rings (SSSR count). The quantitative estimate of drug-likeness (QED) is 0.796. The van der Waals surface area contributed by atoms with Crippen molar-refractivity contribution in [1.29, 1.82) is 0 Å². The summed E-state index contributed by atoms with van der Waals surface area (Å²) in [6.07, 6.45) is 0. The van der Waals surface area contributed by atoms with Crippen LogP contribution in [-0.4, -0.2) is 16.8 Å². The van der Waals surface area contributed by atoms with E-state index < -0.39 is 0 Å². The Morgan fingerprint density at radius 1 is 1.22 bits per heavy atom. The average molecular weight is 355 g/mol. The van der Waals surface area contributed by atoms with Crippen molar-refractivity contribution in [2.75, 3.05) is 12.5 Å². The van der Waals surface area contributed by atoms with Crippen LogP contribution in [0.3, 0.4) is 0 Å². The molecule has 2 aromatic rings. The Morgan fingerprint density at radius 2 is 2.00 bits per heavy atom. The zero-order chi connectivity index (χ0) is 12.7.